The average molecular weight is 130 g/mol. The van der Waals surface area contributed by atoms with Crippen LogP contribution in [0.3, 0.4) is 0 Å². The molecule has 0 unspecified atom stereocenters. The van der Waals surface area contributed by atoms with Gasteiger partial charge in [0.15, 0.2) is 0 Å². The molecule has 0 amide bonds. The molecule has 0 aromatic carbocycles. The third-order valence-electron chi connectivity index (χ3n) is 0.641. The maximum atomic E-state index is 9.51. The molecule has 0 aromatic heterocycles. The molecule has 0 saturated heterocycles. The van der Waals surface area contributed by atoms with E-state index in [4.69, 9.17) is 0 Å². The van der Waals surface area contributed by atoms with E-state index in [1.807, 2.05) is 13.8 Å². The van der Waals surface area contributed by atoms with Gasteiger partial charge in [-0.1, -0.05) is 13.8 Å². The summed E-state index contributed by atoms with van der Waals surface area (Å²) in [6, 6.07) is 0. The van der Waals surface area contributed by atoms with Crippen molar-refractivity contribution < 1.29 is 9.53 Å². The Morgan fingerprint density at radius 3 is 2.00 bits per heavy atom. The maximum absolute atomic E-state index is 9.51. The van der Waals surface area contributed by atoms with Crippen molar-refractivity contribution in [3.05, 3.63) is 11.8 Å². The normalized spacial score (nSPS) is 9.11. The second-order valence-electron chi connectivity index (χ2n) is 1.11. The first-order valence-corrected chi connectivity index (χ1v) is 3.04. The molecule has 0 rings (SSSR count). The zero-order valence-corrected chi connectivity index (χ0v) is 6.47. The fourth-order valence-electron chi connectivity index (χ4n) is 0.144. The molecule has 0 bridgehead atoms. The van der Waals surface area contributed by atoms with E-state index in [0.717, 1.165) is 0 Å². The van der Waals surface area contributed by atoms with Gasteiger partial charge in [0, 0.05) is 0 Å². The van der Waals surface area contributed by atoms with Crippen molar-refractivity contribution in [3.8, 4) is 0 Å². The lowest BCUT2D eigenvalue weighted by molar-refractivity contribution is -0.125. The van der Waals surface area contributed by atoms with Crippen molar-refractivity contribution in [3.63, 3.8) is 0 Å². The monoisotopic (exact) mass is 130 g/mol. The second kappa shape index (κ2) is 10.2. The Kier molecular flexibility index (Phi) is 12.6. The van der Waals surface area contributed by atoms with E-state index in [0.29, 0.717) is 12.2 Å². The summed E-state index contributed by atoms with van der Waals surface area (Å²) in [5, 5.41) is 0. The van der Waals surface area contributed by atoms with Crippen LogP contribution in [0.4, 0.5) is 0 Å². The van der Waals surface area contributed by atoms with Gasteiger partial charge in [-0.05, 0) is 19.9 Å². The SMILES string of the molecule is CC.CC=C(C)OC=O. The van der Waals surface area contributed by atoms with Crippen LogP contribution in [0.15, 0.2) is 11.8 Å². The van der Waals surface area contributed by atoms with Crippen LogP contribution in [0.1, 0.15) is 27.7 Å². The molecule has 0 atom stereocenters. The van der Waals surface area contributed by atoms with Crippen LogP contribution in [0.2, 0.25) is 0 Å². The van der Waals surface area contributed by atoms with E-state index in [1.54, 1.807) is 19.9 Å². The van der Waals surface area contributed by atoms with Crippen LogP contribution in [-0.4, -0.2) is 6.47 Å². The molecule has 2 nitrogen and oxygen atoms in total. The number of carbonyl (C=O) groups excluding carboxylic acids is 1. The fraction of sp³-hybridized carbons (Fsp3) is 0.571. The zero-order chi connectivity index (χ0) is 7.70. The van der Waals surface area contributed by atoms with Crippen molar-refractivity contribution in [2.24, 2.45) is 0 Å². The van der Waals surface area contributed by atoms with Crippen molar-refractivity contribution >= 4 is 6.47 Å². The summed E-state index contributed by atoms with van der Waals surface area (Å²) in [6.45, 7) is 7.93. The molecule has 0 aliphatic rings. The van der Waals surface area contributed by atoms with Gasteiger partial charge in [0.2, 0.25) is 0 Å². The van der Waals surface area contributed by atoms with E-state index in [-0.39, 0.29) is 0 Å². The highest BCUT2D eigenvalue weighted by Gasteiger charge is 1.78. The van der Waals surface area contributed by atoms with Crippen LogP contribution >= 0.6 is 0 Å². The van der Waals surface area contributed by atoms with Gasteiger partial charge in [0.1, 0.15) is 0 Å². The average Bonchev–Trinajstić information content (AvgIpc) is 1.93. The van der Waals surface area contributed by atoms with Crippen LogP contribution < -0.4 is 0 Å². The van der Waals surface area contributed by atoms with Gasteiger partial charge in [-0.15, -0.1) is 0 Å². The Morgan fingerprint density at radius 2 is 1.89 bits per heavy atom. The molecule has 0 aliphatic heterocycles. The largest absolute Gasteiger partial charge is 0.434 e. The lowest BCUT2D eigenvalue weighted by Crippen LogP contribution is -1.80. The fourth-order valence-corrected chi connectivity index (χ4v) is 0.144. The first-order valence-electron chi connectivity index (χ1n) is 3.04. The summed E-state index contributed by atoms with van der Waals surface area (Å²) in [5.41, 5.74) is 0. The Hall–Kier alpha value is -0.790. The maximum Gasteiger partial charge on any atom is 0.298 e. The minimum atomic E-state index is 0.412. The topological polar surface area (TPSA) is 26.3 Å². The highest BCUT2D eigenvalue weighted by Crippen LogP contribution is 1.88. The molecule has 0 spiro atoms. The molecule has 2 heteroatoms. The van der Waals surface area contributed by atoms with E-state index in [9.17, 15) is 4.79 Å². The third-order valence-corrected chi connectivity index (χ3v) is 0.641. The molecule has 0 N–H and O–H groups in total. The predicted octanol–water partition coefficient (Wildman–Crippen LogP) is 2.11. The lowest BCUT2D eigenvalue weighted by atomic mass is 10.5. The molecule has 54 valence electrons. The third kappa shape index (κ3) is 11.0. The van der Waals surface area contributed by atoms with E-state index in [2.05, 4.69) is 4.74 Å². The number of rotatable bonds is 2. The molecule has 0 aromatic rings. The predicted molar refractivity (Wildman–Crippen MR) is 37.9 cm³/mol. The van der Waals surface area contributed by atoms with Crippen LogP contribution in [0.5, 0.6) is 0 Å². The molecular weight excluding hydrogens is 116 g/mol. The Morgan fingerprint density at radius 1 is 1.44 bits per heavy atom. The molecule has 0 radical (unpaired) electrons. The lowest BCUT2D eigenvalue weighted by Gasteiger charge is -1.89. The van der Waals surface area contributed by atoms with Crippen molar-refractivity contribution in [1.82, 2.24) is 0 Å². The number of hydrogen-bond donors (Lipinski definition) is 0. The molecule has 0 saturated carbocycles. The van der Waals surface area contributed by atoms with Crippen LogP contribution in [0.25, 0.3) is 0 Å². The minimum absolute atomic E-state index is 0.412. The van der Waals surface area contributed by atoms with Gasteiger partial charge in [-0.2, -0.15) is 0 Å². The highest BCUT2D eigenvalue weighted by molar-refractivity contribution is 5.39. The van der Waals surface area contributed by atoms with Crippen molar-refractivity contribution in [1.29, 1.82) is 0 Å². The van der Waals surface area contributed by atoms with E-state index >= 15 is 0 Å². The summed E-state index contributed by atoms with van der Waals surface area (Å²) in [5.74, 6) is 0.634. The van der Waals surface area contributed by atoms with Crippen molar-refractivity contribution in [2.45, 2.75) is 27.7 Å². The van der Waals surface area contributed by atoms with Gasteiger partial charge >= 0.3 is 0 Å². The number of hydrogen-bond acceptors (Lipinski definition) is 2. The first-order chi connectivity index (χ1) is 4.31. The molecule has 0 aliphatic carbocycles. The van der Waals surface area contributed by atoms with E-state index in [1.165, 1.54) is 0 Å². The van der Waals surface area contributed by atoms with Crippen LogP contribution in [0, 0.1) is 0 Å². The molecule has 0 fully saturated rings. The smallest absolute Gasteiger partial charge is 0.298 e. The second-order valence-corrected chi connectivity index (χ2v) is 1.11. The van der Waals surface area contributed by atoms with Crippen molar-refractivity contribution in [2.75, 3.05) is 0 Å². The summed E-state index contributed by atoms with van der Waals surface area (Å²) < 4.78 is 4.37. The van der Waals surface area contributed by atoms with Gasteiger partial charge in [-0.3, -0.25) is 4.79 Å². The first kappa shape index (κ1) is 11.1. The molecular formula is C7H14O2. The summed E-state index contributed by atoms with van der Waals surface area (Å²) in [7, 11) is 0. The summed E-state index contributed by atoms with van der Waals surface area (Å²) in [4.78, 5) is 9.51. The molecule has 9 heavy (non-hydrogen) atoms. The van der Waals surface area contributed by atoms with Gasteiger partial charge in [-0.25, -0.2) is 0 Å². The van der Waals surface area contributed by atoms with Gasteiger partial charge in [0.05, 0.1) is 5.76 Å². The number of carbonyl (C=O) groups is 1. The Balaban J connectivity index is 0. The summed E-state index contributed by atoms with van der Waals surface area (Å²) >= 11 is 0. The summed E-state index contributed by atoms with van der Waals surface area (Å²) in [6.07, 6.45) is 1.72. The number of ether oxygens (including phenoxy) is 1. The quantitative estimate of drug-likeness (QED) is 0.422. The Bertz CT molecular complexity index is 84.9. The highest BCUT2D eigenvalue weighted by atomic mass is 16.5. The van der Waals surface area contributed by atoms with Gasteiger partial charge in [0.25, 0.3) is 6.47 Å². The molecule has 0 heterocycles. The van der Waals surface area contributed by atoms with E-state index < -0.39 is 0 Å². The zero-order valence-electron chi connectivity index (χ0n) is 6.47. The van der Waals surface area contributed by atoms with Crippen LogP contribution in [-0.2, 0) is 9.53 Å². The Labute approximate surface area is 56.5 Å². The standard InChI is InChI=1S/C5H8O2.C2H6/c1-3-5(2)7-4-6;1-2/h3-4H,1-2H3;1-2H3. The van der Waals surface area contributed by atoms with Gasteiger partial charge < -0.3 is 4.74 Å². The minimum Gasteiger partial charge on any atom is -0.434 e. The number of allylic oxidation sites excluding steroid dienone is 2.